The van der Waals surface area contributed by atoms with Gasteiger partial charge in [-0.3, -0.25) is 4.79 Å². The van der Waals surface area contributed by atoms with Crippen molar-refractivity contribution in [3.8, 4) is 17.2 Å². The second-order valence-corrected chi connectivity index (χ2v) is 7.26. The fourth-order valence-electron chi connectivity index (χ4n) is 3.39. The monoisotopic (exact) mass is 454 g/mol. The van der Waals surface area contributed by atoms with Gasteiger partial charge in [-0.15, -0.1) is 0 Å². The summed E-state index contributed by atoms with van der Waals surface area (Å²) >= 11 is 0. The first-order chi connectivity index (χ1) is 16.6. The maximum absolute atomic E-state index is 12.8. The van der Waals surface area contributed by atoms with Gasteiger partial charge in [0.25, 0.3) is 5.91 Å². The predicted octanol–water partition coefficient (Wildman–Crippen LogP) is 4.93. The molecule has 4 aromatic carbocycles. The molecule has 0 unspecified atom stereocenters. The zero-order chi connectivity index (χ0) is 23.9. The Hall–Kier alpha value is -4.65. The second-order valence-electron chi connectivity index (χ2n) is 7.26. The van der Waals surface area contributed by atoms with E-state index in [2.05, 4.69) is 10.5 Å². The molecule has 0 saturated heterocycles. The smallest absolute Gasteiger partial charge is 0.343 e. The average Bonchev–Trinajstić information content (AvgIpc) is 2.86. The molecule has 0 spiro atoms. The van der Waals surface area contributed by atoms with Gasteiger partial charge in [-0.25, -0.2) is 10.2 Å². The fourth-order valence-corrected chi connectivity index (χ4v) is 3.39. The molecule has 0 atom stereocenters. The Balaban J connectivity index is 1.60. The van der Waals surface area contributed by atoms with Gasteiger partial charge >= 0.3 is 5.97 Å². The molecule has 2 N–H and O–H groups in total. The fraction of sp³-hybridized carbons (Fsp3) is 0.0741. The number of benzene rings is 4. The van der Waals surface area contributed by atoms with Gasteiger partial charge in [0.05, 0.1) is 23.9 Å². The van der Waals surface area contributed by atoms with E-state index in [1.807, 2.05) is 37.3 Å². The van der Waals surface area contributed by atoms with E-state index in [1.54, 1.807) is 42.5 Å². The van der Waals surface area contributed by atoms with Crippen molar-refractivity contribution in [2.75, 3.05) is 6.61 Å². The van der Waals surface area contributed by atoms with Crippen molar-refractivity contribution in [3.63, 3.8) is 0 Å². The van der Waals surface area contributed by atoms with Crippen LogP contribution in [0.5, 0.6) is 17.2 Å². The summed E-state index contributed by atoms with van der Waals surface area (Å²) in [6.07, 6.45) is 1.42. The van der Waals surface area contributed by atoms with Crippen molar-refractivity contribution < 1.29 is 24.2 Å². The average molecular weight is 454 g/mol. The number of phenolic OH excluding ortho intramolecular Hbond substituents is 1. The third kappa shape index (κ3) is 5.05. The number of nitrogens with zero attached hydrogens (tertiary/aromatic N) is 1. The predicted molar refractivity (Wildman–Crippen MR) is 130 cm³/mol. The molecule has 0 aliphatic carbocycles. The maximum atomic E-state index is 12.8. The minimum atomic E-state index is -0.567. The van der Waals surface area contributed by atoms with Crippen LogP contribution in [0.25, 0.3) is 10.8 Å². The first-order valence-corrected chi connectivity index (χ1v) is 10.6. The van der Waals surface area contributed by atoms with Crippen molar-refractivity contribution in [3.05, 3.63) is 102 Å². The number of carbonyl (C=O) groups is 2. The molecule has 1 amide bonds. The highest BCUT2D eigenvalue weighted by Gasteiger charge is 2.14. The van der Waals surface area contributed by atoms with Crippen molar-refractivity contribution in [1.29, 1.82) is 0 Å². The topological polar surface area (TPSA) is 97.2 Å². The van der Waals surface area contributed by atoms with Crippen LogP contribution in [0.3, 0.4) is 0 Å². The van der Waals surface area contributed by atoms with Crippen LogP contribution in [0.15, 0.2) is 90.0 Å². The molecule has 0 aromatic heterocycles. The Labute approximate surface area is 196 Å². The van der Waals surface area contributed by atoms with Gasteiger partial charge in [-0.05, 0) is 60.2 Å². The number of carbonyl (C=O) groups excluding carboxylic acids is 2. The van der Waals surface area contributed by atoms with Crippen LogP contribution in [-0.4, -0.2) is 29.8 Å². The molecule has 4 rings (SSSR count). The molecule has 170 valence electrons. The zero-order valence-corrected chi connectivity index (χ0v) is 18.4. The van der Waals surface area contributed by atoms with E-state index >= 15 is 0 Å². The number of amides is 1. The lowest BCUT2D eigenvalue weighted by Crippen LogP contribution is -2.18. The Morgan fingerprint density at radius 1 is 0.941 bits per heavy atom. The molecule has 0 fully saturated rings. The number of hydrogen-bond acceptors (Lipinski definition) is 6. The minimum absolute atomic E-state index is 0.0970. The van der Waals surface area contributed by atoms with Crippen molar-refractivity contribution >= 4 is 28.9 Å². The largest absolute Gasteiger partial charge is 0.507 e. The number of fused-ring (bicyclic) bond motifs is 1. The van der Waals surface area contributed by atoms with Crippen LogP contribution >= 0.6 is 0 Å². The first-order valence-electron chi connectivity index (χ1n) is 10.6. The van der Waals surface area contributed by atoms with E-state index in [-0.39, 0.29) is 17.1 Å². The molecule has 0 heterocycles. The molecule has 4 aromatic rings. The van der Waals surface area contributed by atoms with Crippen LogP contribution in [0.2, 0.25) is 0 Å². The maximum Gasteiger partial charge on any atom is 0.343 e. The van der Waals surface area contributed by atoms with Crippen molar-refractivity contribution in [2.45, 2.75) is 6.92 Å². The van der Waals surface area contributed by atoms with Gasteiger partial charge in [0.1, 0.15) is 17.2 Å². The first kappa shape index (κ1) is 22.5. The SMILES string of the molecule is CCOc1ccc(C(=O)Oc2ccc3ccccc3c2/C=N\NC(=O)c2ccccc2O)cc1. The van der Waals surface area contributed by atoms with Crippen LogP contribution in [0, 0.1) is 0 Å². The molecular formula is C27H22N2O5. The lowest BCUT2D eigenvalue weighted by atomic mass is 10.0. The van der Waals surface area contributed by atoms with Crippen LogP contribution in [0.4, 0.5) is 0 Å². The molecule has 7 heteroatoms. The van der Waals surface area contributed by atoms with E-state index in [4.69, 9.17) is 9.47 Å². The summed E-state index contributed by atoms with van der Waals surface area (Å²) in [5.41, 5.74) is 3.39. The molecule has 34 heavy (non-hydrogen) atoms. The summed E-state index contributed by atoms with van der Waals surface area (Å²) in [7, 11) is 0. The minimum Gasteiger partial charge on any atom is -0.507 e. The van der Waals surface area contributed by atoms with Crippen molar-refractivity contribution in [1.82, 2.24) is 5.43 Å². The van der Waals surface area contributed by atoms with Crippen LogP contribution < -0.4 is 14.9 Å². The van der Waals surface area contributed by atoms with E-state index in [0.29, 0.717) is 23.5 Å². The number of esters is 1. The molecule has 0 bridgehead atoms. The normalized spacial score (nSPS) is 10.9. The zero-order valence-electron chi connectivity index (χ0n) is 18.4. The third-order valence-corrected chi connectivity index (χ3v) is 5.04. The summed E-state index contributed by atoms with van der Waals surface area (Å²) in [4.78, 5) is 25.1. The van der Waals surface area contributed by atoms with E-state index in [9.17, 15) is 14.7 Å². The molecular weight excluding hydrogens is 432 g/mol. The Morgan fingerprint density at radius 3 is 2.44 bits per heavy atom. The van der Waals surface area contributed by atoms with Gasteiger partial charge in [-0.2, -0.15) is 5.10 Å². The number of aromatic hydroxyl groups is 1. The lowest BCUT2D eigenvalue weighted by Gasteiger charge is -2.11. The summed E-state index contributed by atoms with van der Waals surface area (Å²) < 4.78 is 11.1. The van der Waals surface area contributed by atoms with Crippen LogP contribution in [0.1, 0.15) is 33.2 Å². The summed E-state index contributed by atoms with van der Waals surface area (Å²) in [6, 6.07) is 23.9. The number of nitrogens with one attached hydrogen (secondary N) is 1. The quantitative estimate of drug-likeness (QED) is 0.179. The van der Waals surface area contributed by atoms with Gasteiger partial charge < -0.3 is 14.6 Å². The summed E-state index contributed by atoms with van der Waals surface area (Å²) in [5.74, 6) is -0.296. The number of hydrazone groups is 1. The highest BCUT2D eigenvalue weighted by atomic mass is 16.5. The standard InChI is InChI=1S/C27H22N2O5/c1-2-33-20-14-11-19(12-15-20)27(32)34-25-16-13-18-7-3-4-8-21(18)23(25)17-28-29-26(31)22-9-5-6-10-24(22)30/h3-17,30H,2H2,1H3,(H,29,31)/b28-17-. The number of ether oxygens (including phenoxy) is 2. The summed E-state index contributed by atoms with van der Waals surface area (Å²) in [6.45, 7) is 2.42. The van der Waals surface area contributed by atoms with Crippen molar-refractivity contribution in [2.24, 2.45) is 5.10 Å². The van der Waals surface area contributed by atoms with E-state index < -0.39 is 11.9 Å². The number of hydrogen-bond donors (Lipinski definition) is 2. The summed E-state index contributed by atoms with van der Waals surface area (Å²) in [5, 5.41) is 15.6. The second kappa shape index (κ2) is 10.3. The highest BCUT2D eigenvalue weighted by molar-refractivity contribution is 6.04. The Bertz CT molecular complexity index is 1360. The molecule has 0 saturated carbocycles. The molecule has 0 radical (unpaired) electrons. The van der Waals surface area contributed by atoms with Gasteiger partial charge in [-0.1, -0.05) is 42.5 Å². The van der Waals surface area contributed by atoms with E-state index in [0.717, 1.165) is 10.8 Å². The van der Waals surface area contributed by atoms with Crippen LogP contribution in [-0.2, 0) is 0 Å². The highest BCUT2D eigenvalue weighted by Crippen LogP contribution is 2.28. The number of rotatable bonds is 7. The van der Waals surface area contributed by atoms with E-state index in [1.165, 1.54) is 18.3 Å². The lowest BCUT2D eigenvalue weighted by molar-refractivity contribution is 0.0734. The van der Waals surface area contributed by atoms with Gasteiger partial charge in [0.2, 0.25) is 0 Å². The molecule has 0 aliphatic heterocycles. The Kier molecular flexibility index (Phi) is 6.84. The molecule has 0 aliphatic rings. The van der Waals surface area contributed by atoms with Gasteiger partial charge in [0.15, 0.2) is 0 Å². The Morgan fingerprint density at radius 2 is 1.68 bits per heavy atom. The third-order valence-electron chi connectivity index (χ3n) is 5.04. The number of phenols is 1. The van der Waals surface area contributed by atoms with Gasteiger partial charge in [0, 0.05) is 5.56 Å². The molecule has 7 nitrogen and oxygen atoms in total. The number of para-hydroxylation sites is 1.